The molecule has 7 heteroatoms. The van der Waals surface area contributed by atoms with Crippen molar-refractivity contribution in [1.29, 1.82) is 0 Å². The van der Waals surface area contributed by atoms with Crippen molar-refractivity contribution in [2.24, 2.45) is 0 Å². The van der Waals surface area contributed by atoms with Gasteiger partial charge in [0.2, 0.25) is 0 Å². The van der Waals surface area contributed by atoms with Crippen LogP contribution in [-0.4, -0.2) is 34.6 Å². The molecule has 3 aromatic rings. The molecular formula is C25H26FN3O3. The van der Waals surface area contributed by atoms with Crippen molar-refractivity contribution in [3.05, 3.63) is 70.9 Å². The molecule has 0 aliphatic carbocycles. The van der Waals surface area contributed by atoms with Crippen LogP contribution in [0.2, 0.25) is 0 Å². The number of amides is 1. The highest BCUT2D eigenvalue weighted by Crippen LogP contribution is 2.40. The van der Waals surface area contributed by atoms with Crippen LogP contribution in [0.5, 0.6) is 11.5 Å². The van der Waals surface area contributed by atoms with Crippen LogP contribution < -0.4 is 14.8 Å². The number of fused-ring (bicyclic) bond motifs is 1. The Bertz CT molecular complexity index is 1150. The van der Waals surface area contributed by atoms with Gasteiger partial charge >= 0.3 is 0 Å². The van der Waals surface area contributed by atoms with Gasteiger partial charge in [0.1, 0.15) is 23.4 Å². The predicted molar refractivity (Wildman–Crippen MR) is 120 cm³/mol. The molecule has 0 spiro atoms. The average molecular weight is 435 g/mol. The molecule has 1 atom stereocenters. The second kappa shape index (κ2) is 8.94. The summed E-state index contributed by atoms with van der Waals surface area (Å²) < 4.78 is 26.2. The molecule has 0 fully saturated rings. The van der Waals surface area contributed by atoms with Crippen molar-refractivity contribution in [1.82, 2.24) is 15.3 Å². The van der Waals surface area contributed by atoms with Gasteiger partial charge in [0.15, 0.2) is 0 Å². The van der Waals surface area contributed by atoms with Crippen molar-refractivity contribution >= 4 is 5.91 Å². The third-order valence-electron chi connectivity index (χ3n) is 5.23. The first-order valence-corrected chi connectivity index (χ1v) is 10.7. The van der Waals surface area contributed by atoms with E-state index in [1.54, 1.807) is 36.5 Å². The molecule has 1 aromatic heterocycles. The molecule has 0 saturated carbocycles. The number of nitrogens with one attached hydrogen (secondary N) is 1. The molecule has 0 saturated heterocycles. The monoisotopic (exact) mass is 435 g/mol. The summed E-state index contributed by atoms with van der Waals surface area (Å²) in [5, 5.41) is 2.88. The average Bonchev–Trinajstić information content (AvgIpc) is 3.19. The number of rotatable bonds is 6. The van der Waals surface area contributed by atoms with Crippen LogP contribution in [0, 0.1) is 19.7 Å². The molecule has 2 heterocycles. The number of halogens is 1. The van der Waals surface area contributed by atoms with Crippen molar-refractivity contribution in [3.8, 4) is 22.8 Å². The van der Waals surface area contributed by atoms with Crippen molar-refractivity contribution < 1.29 is 18.7 Å². The summed E-state index contributed by atoms with van der Waals surface area (Å²) in [6.07, 6.45) is 1.76. The molecule has 2 aromatic carbocycles. The number of hydrogen-bond donors (Lipinski definition) is 1. The van der Waals surface area contributed by atoms with Crippen LogP contribution in [0.3, 0.4) is 0 Å². The number of carbonyl (C=O) groups is 1. The Labute approximate surface area is 186 Å². The van der Waals surface area contributed by atoms with Gasteiger partial charge in [-0.15, -0.1) is 0 Å². The molecule has 6 nitrogen and oxygen atoms in total. The molecule has 4 rings (SSSR count). The lowest BCUT2D eigenvalue weighted by atomic mass is 10.0. The molecule has 1 N–H and O–H groups in total. The maximum atomic E-state index is 14.5. The van der Waals surface area contributed by atoms with E-state index in [1.165, 1.54) is 6.07 Å². The van der Waals surface area contributed by atoms with E-state index in [0.717, 1.165) is 11.4 Å². The van der Waals surface area contributed by atoms with E-state index in [0.29, 0.717) is 40.3 Å². The van der Waals surface area contributed by atoms with Gasteiger partial charge in [-0.2, -0.15) is 0 Å². The van der Waals surface area contributed by atoms with Gasteiger partial charge in [-0.3, -0.25) is 9.78 Å². The van der Waals surface area contributed by atoms with Crippen molar-refractivity contribution in [2.75, 3.05) is 6.54 Å². The minimum Gasteiger partial charge on any atom is -0.491 e. The zero-order valence-corrected chi connectivity index (χ0v) is 18.6. The Balaban J connectivity index is 1.46. The van der Waals surface area contributed by atoms with Gasteiger partial charge in [-0.05, 0) is 64.1 Å². The fourth-order valence-corrected chi connectivity index (χ4v) is 3.72. The Hall–Kier alpha value is -3.48. The molecule has 32 heavy (non-hydrogen) atoms. The highest BCUT2D eigenvalue weighted by atomic mass is 19.1. The molecule has 1 amide bonds. The molecule has 166 valence electrons. The highest BCUT2D eigenvalue weighted by molar-refractivity contribution is 5.94. The van der Waals surface area contributed by atoms with Crippen LogP contribution >= 0.6 is 0 Å². The molecule has 0 unspecified atom stereocenters. The zero-order chi connectivity index (χ0) is 22.8. The minimum atomic E-state index is -0.369. The second-order valence-corrected chi connectivity index (χ2v) is 8.19. The number of hydrogen-bond acceptors (Lipinski definition) is 5. The number of aryl methyl sites for hydroxylation is 2. The molecule has 0 bridgehead atoms. The van der Waals surface area contributed by atoms with Gasteiger partial charge in [-0.25, -0.2) is 9.37 Å². The van der Waals surface area contributed by atoms with Crippen molar-refractivity contribution in [3.63, 3.8) is 0 Å². The highest BCUT2D eigenvalue weighted by Gasteiger charge is 2.30. The van der Waals surface area contributed by atoms with Gasteiger partial charge in [0.25, 0.3) is 5.91 Å². The van der Waals surface area contributed by atoms with Gasteiger partial charge in [0, 0.05) is 29.3 Å². The second-order valence-electron chi connectivity index (χ2n) is 8.19. The third kappa shape index (κ3) is 4.56. The van der Waals surface area contributed by atoms with Crippen LogP contribution in [-0.2, 0) is 6.42 Å². The summed E-state index contributed by atoms with van der Waals surface area (Å²) in [4.78, 5) is 21.5. The Morgan fingerprint density at radius 1 is 1.22 bits per heavy atom. The number of benzene rings is 2. The SMILES string of the molecule is Cc1cnc(C)c(-c2ccc(F)c3c2O[C@@H](CNC(=O)c2ccc(OC(C)C)cc2)C3)n1. The maximum Gasteiger partial charge on any atom is 0.251 e. The summed E-state index contributed by atoms with van der Waals surface area (Å²) in [7, 11) is 0. The van der Waals surface area contributed by atoms with E-state index in [4.69, 9.17) is 9.47 Å². The summed E-state index contributed by atoms with van der Waals surface area (Å²) in [6.45, 7) is 7.87. The molecule has 1 aliphatic heterocycles. The number of nitrogens with zero attached hydrogens (tertiary/aromatic N) is 2. The van der Waals surface area contributed by atoms with E-state index in [-0.39, 0.29) is 30.5 Å². The first-order chi connectivity index (χ1) is 15.3. The fraction of sp³-hybridized carbons (Fsp3) is 0.320. The van der Waals surface area contributed by atoms with Crippen LogP contribution in [0.15, 0.2) is 42.6 Å². The molecular weight excluding hydrogens is 409 g/mol. The lowest BCUT2D eigenvalue weighted by molar-refractivity contribution is 0.0933. The molecule has 0 radical (unpaired) electrons. The van der Waals surface area contributed by atoms with E-state index in [2.05, 4.69) is 15.3 Å². The van der Waals surface area contributed by atoms with Crippen LogP contribution in [0.1, 0.15) is 41.2 Å². The van der Waals surface area contributed by atoms with Crippen LogP contribution in [0.4, 0.5) is 4.39 Å². The maximum absolute atomic E-state index is 14.5. The van der Waals surface area contributed by atoms with Gasteiger partial charge in [0.05, 0.1) is 29.7 Å². The van der Waals surface area contributed by atoms with E-state index >= 15 is 0 Å². The summed E-state index contributed by atoms with van der Waals surface area (Å²) >= 11 is 0. The standard InChI is InChI=1S/C25H26FN3O3/c1-14(2)31-18-7-5-17(6-8-18)25(30)28-13-19-11-21-22(26)10-9-20(24(21)32-19)23-16(4)27-12-15(3)29-23/h5-10,12,14,19H,11,13H2,1-4H3,(H,28,30)/t19-/m1/s1. The van der Waals surface area contributed by atoms with E-state index < -0.39 is 0 Å². The number of ether oxygens (including phenoxy) is 2. The lowest BCUT2D eigenvalue weighted by Gasteiger charge is -2.14. The Kier molecular flexibility index (Phi) is 6.08. The summed E-state index contributed by atoms with van der Waals surface area (Å²) in [6, 6.07) is 10.1. The lowest BCUT2D eigenvalue weighted by Crippen LogP contribution is -2.34. The third-order valence-corrected chi connectivity index (χ3v) is 5.23. The summed E-state index contributed by atoms with van der Waals surface area (Å²) in [5.74, 6) is 0.643. The van der Waals surface area contributed by atoms with E-state index in [9.17, 15) is 9.18 Å². The van der Waals surface area contributed by atoms with Crippen LogP contribution in [0.25, 0.3) is 11.3 Å². The summed E-state index contributed by atoms with van der Waals surface area (Å²) in [5.41, 5.74) is 3.93. The zero-order valence-electron chi connectivity index (χ0n) is 18.6. The minimum absolute atomic E-state index is 0.0654. The van der Waals surface area contributed by atoms with E-state index in [1.807, 2.05) is 27.7 Å². The number of carbonyl (C=O) groups excluding carboxylic acids is 1. The fourth-order valence-electron chi connectivity index (χ4n) is 3.72. The first kappa shape index (κ1) is 21.7. The van der Waals surface area contributed by atoms with Gasteiger partial charge < -0.3 is 14.8 Å². The number of aromatic nitrogens is 2. The smallest absolute Gasteiger partial charge is 0.251 e. The molecule has 1 aliphatic rings. The van der Waals surface area contributed by atoms with Crippen molar-refractivity contribution in [2.45, 2.75) is 46.3 Å². The largest absolute Gasteiger partial charge is 0.491 e. The predicted octanol–water partition coefficient (Wildman–Crippen LogP) is 4.42. The first-order valence-electron chi connectivity index (χ1n) is 10.7. The quantitative estimate of drug-likeness (QED) is 0.621. The Morgan fingerprint density at radius 3 is 2.69 bits per heavy atom. The van der Waals surface area contributed by atoms with Gasteiger partial charge in [-0.1, -0.05) is 0 Å². The Morgan fingerprint density at radius 2 is 1.97 bits per heavy atom. The topological polar surface area (TPSA) is 73.3 Å². The normalized spacial score (nSPS) is 14.8.